The Labute approximate surface area is 95.1 Å². The molecule has 0 radical (unpaired) electrons. The summed E-state index contributed by atoms with van der Waals surface area (Å²) in [6, 6.07) is 6.86. The fraction of sp³-hybridized carbons (Fsp3) is 0.385. The molecule has 1 aromatic rings. The van der Waals surface area contributed by atoms with E-state index in [0.29, 0.717) is 5.92 Å². The number of ketones is 1. The van der Waals surface area contributed by atoms with Crippen LogP contribution in [0.1, 0.15) is 48.5 Å². The fourth-order valence-corrected chi connectivity index (χ4v) is 1.79. The minimum atomic E-state index is -1.41. The third-order valence-electron chi connectivity index (χ3n) is 2.82. The van der Waals surface area contributed by atoms with E-state index in [2.05, 4.69) is 13.8 Å². The molecule has 0 aliphatic carbocycles. The maximum atomic E-state index is 11.2. The smallest absolute Gasteiger partial charge is 0.377 e. The van der Waals surface area contributed by atoms with Gasteiger partial charge in [0.25, 0.3) is 5.78 Å². The van der Waals surface area contributed by atoms with Gasteiger partial charge in [-0.1, -0.05) is 38.1 Å². The topological polar surface area (TPSA) is 54.4 Å². The summed E-state index contributed by atoms with van der Waals surface area (Å²) in [7, 11) is 0. The van der Waals surface area contributed by atoms with Crippen LogP contribution in [0.5, 0.6) is 0 Å². The van der Waals surface area contributed by atoms with Gasteiger partial charge < -0.3 is 5.11 Å². The highest BCUT2D eigenvalue weighted by molar-refractivity contribution is 6.39. The Morgan fingerprint density at radius 2 is 1.62 bits per heavy atom. The minimum absolute atomic E-state index is 0.238. The number of hydrogen-bond acceptors (Lipinski definition) is 2. The molecule has 1 rings (SSSR count). The van der Waals surface area contributed by atoms with E-state index in [1.807, 2.05) is 12.1 Å². The lowest BCUT2D eigenvalue weighted by molar-refractivity contribution is -0.131. The Morgan fingerprint density at radius 3 is 2.00 bits per heavy atom. The van der Waals surface area contributed by atoms with Crippen LogP contribution >= 0.6 is 0 Å². The summed E-state index contributed by atoms with van der Waals surface area (Å²) >= 11 is 0. The molecule has 0 saturated carbocycles. The lowest BCUT2D eigenvalue weighted by Gasteiger charge is -2.12. The van der Waals surface area contributed by atoms with Crippen LogP contribution in [0.2, 0.25) is 0 Å². The van der Waals surface area contributed by atoms with Crippen molar-refractivity contribution in [1.29, 1.82) is 0 Å². The maximum absolute atomic E-state index is 11.2. The summed E-state index contributed by atoms with van der Waals surface area (Å²) in [5.74, 6) is -1.78. The Morgan fingerprint density at radius 1 is 1.12 bits per heavy atom. The minimum Gasteiger partial charge on any atom is -0.475 e. The Bertz CT molecular complexity index is 375. The van der Waals surface area contributed by atoms with Crippen LogP contribution in [-0.4, -0.2) is 16.9 Å². The van der Waals surface area contributed by atoms with Crippen molar-refractivity contribution < 1.29 is 14.7 Å². The van der Waals surface area contributed by atoms with Gasteiger partial charge in [-0.25, -0.2) is 4.79 Å². The van der Waals surface area contributed by atoms with Crippen LogP contribution in [-0.2, 0) is 4.79 Å². The number of carboxylic acid groups (broad SMARTS) is 1. The highest BCUT2D eigenvalue weighted by Gasteiger charge is 2.14. The van der Waals surface area contributed by atoms with Gasteiger partial charge in [-0.2, -0.15) is 0 Å². The highest BCUT2D eigenvalue weighted by Crippen LogP contribution is 2.23. The van der Waals surface area contributed by atoms with E-state index in [1.165, 1.54) is 0 Å². The summed E-state index contributed by atoms with van der Waals surface area (Å²) in [6.45, 7) is 4.23. The second-order valence-corrected chi connectivity index (χ2v) is 3.77. The number of Topliss-reactive ketones (excluding diaryl/α,β-unsaturated/α-hetero) is 1. The number of rotatable bonds is 5. The van der Waals surface area contributed by atoms with Gasteiger partial charge in [0.2, 0.25) is 0 Å². The zero-order valence-electron chi connectivity index (χ0n) is 9.56. The summed E-state index contributed by atoms with van der Waals surface area (Å²) in [4.78, 5) is 21.6. The monoisotopic (exact) mass is 220 g/mol. The average molecular weight is 220 g/mol. The van der Waals surface area contributed by atoms with E-state index in [0.717, 1.165) is 18.4 Å². The van der Waals surface area contributed by atoms with Crippen molar-refractivity contribution in [3.8, 4) is 0 Å². The van der Waals surface area contributed by atoms with Crippen LogP contribution in [0.3, 0.4) is 0 Å². The zero-order chi connectivity index (χ0) is 12.1. The molecule has 0 atom stereocenters. The molecule has 0 bridgehead atoms. The summed E-state index contributed by atoms with van der Waals surface area (Å²) in [5, 5.41) is 8.56. The maximum Gasteiger partial charge on any atom is 0.377 e. The van der Waals surface area contributed by atoms with Crippen LogP contribution in [0.15, 0.2) is 24.3 Å². The standard InChI is InChI=1S/C13H16O3/c1-3-9(4-2)10-5-7-11(8-6-10)12(14)13(15)16/h5-9H,3-4H2,1-2H3,(H,15,16). The molecular weight excluding hydrogens is 204 g/mol. The molecule has 1 aromatic carbocycles. The van der Waals surface area contributed by atoms with E-state index in [-0.39, 0.29) is 5.56 Å². The van der Waals surface area contributed by atoms with Gasteiger partial charge in [-0.15, -0.1) is 0 Å². The molecule has 0 amide bonds. The van der Waals surface area contributed by atoms with Gasteiger partial charge in [0.05, 0.1) is 0 Å². The predicted octanol–water partition coefficient (Wildman–Crippen LogP) is 2.86. The molecule has 0 heterocycles. The molecule has 0 unspecified atom stereocenters. The normalized spacial score (nSPS) is 10.4. The molecule has 0 aliphatic rings. The first-order valence-corrected chi connectivity index (χ1v) is 5.47. The fourth-order valence-electron chi connectivity index (χ4n) is 1.79. The Kier molecular flexibility index (Phi) is 4.23. The van der Waals surface area contributed by atoms with E-state index >= 15 is 0 Å². The van der Waals surface area contributed by atoms with E-state index in [9.17, 15) is 9.59 Å². The Balaban J connectivity index is 2.90. The van der Waals surface area contributed by atoms with Crippen LogP contribution < -0.4 is 0 Å². The van der Waals surface area contributed by atoms with Gasteiger partial charge in [0.1, 0.15) is 0 Å². The van der Waals surface area contributed by atoms with Gasteiger partial charge in [0, 0.05) is 5.56 Å². The first-order valence-electron chi connectivity index (χ1n) is 5.47. The third-order valence-corrected chi connectivity index (χ3v) is 2.82. The molecule has 0 aliphatic heterocycles. The summed E-state index contributed by atoms with van der Waals surface area (Å²) in [5.41, 5.74) is 1.40. The molecule has 0 saturated heterocycles. The largest absolute Gasteiger partial charge is 0.475 e. The molecule has 1 N–H and O–H groups in total. The van der Waals surface area contributed by atoms with Gasteiger partial charge >= 0.3 is 5.97 Å². The second kappa shape index (κ2) is 5.45. The van der Waals surface area contributed by atoms with Crippen molar-refractivity contribution in [3.63, 3.8) is 0 Å². The molecule has 0 aromatic heterocycles. The van der Waals surface area contributed by atoms with Crippen molar-refractivity contribution in [2.24, 2.45) is 0 Å². The van der Waals surface area contributed by atoms with Crippen molar-refractivity contribution in [2.75, 3.05) is 0 Å². The number of carbonyl (C=O) groups excluding carboxylic acids is 1. The Hall–Kier alpha value is -1.64. The molecule has 86 valence electrons. The first-order chi connectivity index (χ1) is 7.60. The van der Waals surface area contributed by atoms with Crippen LogP contribution in [0.25, 0.3) is 0 Å². The van der Waals surface area contributed by atoms with Gasteiger partial charge in [0.15, 0.2) is 0 Å². The summed E-state index contributed by atoms with van der Waals surface area (Å²) < 4.78 is 0. The molecule has 3 heteroatoms. The SMILES string of the molecule is CCC(CC)c1ccc(C(=O)C(=O)O)cc1. The number of carboxylic acids is 1. The highest BCUT2D eigenvalue weighted by atomic mass is 16.4. The number of hydrogen-bond donors (Lipinski definition) is 1. The van der Waals surface area contributed by atoms with Crippen LogP contribution in [0.4, 0.5) is 0 Å². The van der Waals surface area contributed by atoms with Gasteiger partial charge in [-0.05, 0) is 24.3 Å². The van der Waals surface area contributed by atoms with Crippen LogP contribution in [0, 0.1) is 0 Å². The number of carbonyl (C=O) groups is 2. The quantitative estimate of drug-likeness (QED) is 0.613. The molecule has 16 heavy (non-hydrogen) atoms. The third kappa shape index (κ3) is 2.69. The first kappa shape index (κ1) is 12.4. The van der Waals surface area contributed by atoms with Crippen molar-refractivity contribution >= 4 is 11.8 Å². The average Bonchev–Trinajstić information content (AvgIpc) is 2.30. The number of aliphatic carboxylic acids is 1. The lowest BCUT2D eigenvalue weighted by atomic mass is 9.93. The molecule has 0 spiro atoms. The van der Waals surface area contributed by atoms with E-state index in [4.69, 9.17) is 5.11 Å². The molecular formula is C13H16O3. The van der Waals surface area contributed by atoms with E-state index in [1.54, 1.807) is 12.1 Å². The van der Waals surface area contributed by atoms with E-state index < -0.39 is 11.8 Å². The van der Waals surface area contributed by atoms with Crippen molar-refractivity contribution in [2.45, 2.75) is 32.6 Å². The zero-order valence-corrected chi connectivity index (χ0v) is 9.56. The second-order valence-electron chi connectivity index (χ2n) is 3.77. The lowest BCUT2D eigenvalue weighted by Crippen LogP contribution is -2.12. The molecule has 0 fully saturated rings. The van der Waals surface area contributed by atoms with Gasteiger partial charge in [-0.3, -0.25) is 4.79 Å². The molecule has 3 nitrogen and oxygen atoms in total. The van der Waals surface area contributed by atoms with Crippen molar-refractivity contribution in [3.05, 3.63) is 35.4 Å². The number of benzene rings is 1. The predicted molar refractivity (Wildman–Crippen MR) is 61.7 cm³/mol. The summed E-state index contributed by atoms with van der Waals surface area (Å²) in [6.07, 6.45) is 2.09. The van der Waals surface area contributed by atoms with Crippen molar-refractivity contribution in [1.82, 2.24) is 0 Å².